The number of nitrogens with zero attached hydrogens (tertiary/aromatic N) is 6. The number of carbonyl (C=O) groups is 1. The molecule has 1 N–H and O–H groups in total. The first-order valence-electron chi connectivity index (χ1n) is 12.8. The summed E-state index contributed by atoms with van der Waals surface area (Å²) in [5.41, 5.74) is 0.229. The van der Waals surface area contributed by atoms with Crippen molar-refractivity contribution in [2.45, 2.75) is 70.6 Å². The highest BCUT2D eigenvalue weighted by Gasteiger charge is 2.39. The van der Waals surface area contributed by atoms with E-state index < -0.39 is 18.0 Å². The van der Waals surface area contributed by atoms with Crippen molar-refractivity contribution in [3.05, 3.63) is 35.9 Å². The minimum Gasteiger partial charge on any atom is -0.374 e. The smallest absolute Gasteiger partial charge is 0.284 e. The van der Waals surface area contributed by atoms with Crippen LogP contribution in [0.5, 0.6) is 0 Å². The Morgan fingerprint density at radius 3 is 2.67 bits per heavy atom. The second-order valence-corrected chi connectivity index (χ2v) is 10.6. The van der Waals surface area contributed by atoms with Crippen molar-refractivity contribution in [1.29, 1.82) is 0 Å². The van der Waals surface area contributed by atoms with Gasteiger partial charge in [-0.25, -0.2) is 18.3 Å². The predicted molar refractivity (Wildman–Crippen MR) is 129 cm³/mol. The molecule has 0 spiro atoms. The van der Waals surface area contributed by atoms with Crippen molar-refractivity contribution in [1.82, 2.24) is 24.4 Å². The molecule has 2 saturated heterocycles. The Kier molecular flexibility index (Phi) is 5.89. The van der Waals surface area contributed by atoms with Crippen molar-refractivity contribution in [3.63, 3.8) is 0 Å². The standard InChI is InChI=1S/C25H31F2N7O2/c1-14(2)15-3-5-16(6-4-15)34-12-20(22(31-34)23(26)27)29-25(35)19-10-28-33-8-7-21(30-24(19)33)32-11-18-9-17(32)13-36-18/h7-8,10,12,14-18,23H,3-6,9,11,13H2,1-2H3,(H,29,35)/t15?,16?,17-,18-/m0/s1. The molecule has 9 nitrogen and oxygen atoms in total. The SMILES string of the molecule is CC(C)C1CCC(n2cc(NC(=O)c3cnn4ccc(N5C[C@@H]6C[C@H]5CO6)nc34)c(C(F)F)n2)CC1. The highest BCUT2D eigenvalue weighted by Crippen LogP contribution is 2.37. The quantitative estimate of drug-likeness (QED) is 0.538. The van der Waals surface area contributed by atoms with Gasteiger partial charge < -0.3 is 15.0 Å². The van der Waals surface area contributed by atoms with Crippen LogP contribution < -0.4 is 10.2 Å². The molecule has 5 heterocycles. The first-order chi connectivity index (χ1) is 17.4. The Hall–Kier alpha value is -3.08. The molecule has 6 rings (SSSR count). The molecule has 0 aromatic carbocycles. The number of hydrogen-bond acceptors (Lipinski definition) is 6. The molecule has 11 heteroatoms. The third-order valence-electron chi connectivity index (χ3n) is 8.07. The fourth-order valence-electron chi connectivity index (χ4n) is 5.93. The van der Waals surface area contributed by atoms with E-state index in [-0.39, 0.29) is 29.4 Å². The first-order valence-corrected chi connectivity index (χ1v) is 12.8. The number of ether oxygens (including phenoxy) is 1. The van der Waals surface area contributed by atoms with Crippen LogP contribution >= 0.6 is 0 Å². The molecule has 0 unspecified atom stereocenters. The molecule has 1 saturated carbocycles. The summed E-state index contributed by atoms with van der Waals surface area (Å²) < 4.78 is 36.5. The van der Waals surface area contributed by atoms with Gasteiger partial charge >= 0.3 is 0 Å². The molecule has 2 aliphatic heterocycles. The lowest BCUT2D eigenvalue weighted by Gasteiger charge is -2.30. The molecule has 3 aromatic heterocycles. The molecular formula is C25H31F2N7O2. The Bertz CT molecular complexity index is 1260. The second kappa shape index (κ2) is 9.10. The normalized spacial score (nSPS) is 26.0. The van der Waals surface area contributed by atoms with E-state index in [1.54, 1.807) is 17.1 Å². The third-order valence-corrected chi connectivity index (χ3v) is 8.07. The molecule has 1 amide bonds. The van der Waals surface area contributed by atoms with E-state index >= 15 is 0 Å². The van der Waals surface area contributed by atoms with E-state index in [1.807, 2.05) is 6.07 Å². The Labute approximate surface area is 207 Å². The minimum absolute atomic E-state index is 0.0329. The molecule has 2 atom stereocenters. The van der Waals surface area contributed by atoms with Crippen molar-refractivity contribution >= 4 is 23.1 Å². The van der Waals surface area contributed by atoms with Crippen LogP contribution in [-0.2, 0) is 4.74 Å². The van der Waals surface area contributed by atoms with Crippen LogP contribution in [0.2, 0.25) is 0 Å². The molecule has 2 bridgehead atoms. The van der Waals surface area contributed by atoms with Gasteiger partial charge in [-0.15, -0.1) is 0 Å². The summed E-state index contributed by atoms with van der Waals surface area (Å²) in [6.07, 6.45) is 7.00. The van der Waals surface area contributed by atoms with Gasteiger partial charge in [-0.1, -0.05) is 13.8 Å². The van der Waals surface area contributed by atoms with Crippen LogP contribution in [0.1, 0.15) is 74.5 Å². The Morgan fingerprint density at radius 2 is 2.00 bits per heavy atom. The Balaban J connectivity index is 1.23. The highest BCUT2D eigenvalue weighted by molar-refractivity contribution is 6.08. The summed E-state index contributed by atoms with van der Waals surface area (Å²) in [6.45, 7) is 5.88. The zero-order chi connectivity index (χ0) is 25.0. The summed E-state index contributed by atoms with van der Waals surface area (Å²) in [4.78, 5) is 20.1. The monoisotopic (exact) mass is 499 g/mol. The maximum atomic E-state index is 13.8. The molecule has 36 heavy (non-hydrogen) atoms. The van der Waals surface area contributed by atoms with Crippen molar-refractivity contribution in [2.75, 3.05) is 23.4 Å². The molecule has 3 fully saturated rings. The maximum absolute atomic E-state index is 13.8. The molecule has 3 aromatic rings. The van der Waals surface area contributed by atoms with Crippen molar-refractivity contribution in [2.24, 2.45) is 11.8 Å². The number of anilines is 2. The number of rotatable bonds is 6. The van der Waals surface area contributed by atoms with Gasteiger partial charge in [0, 0.05) is 18.9 Å². The van der Waals surface area contributed by atoms with Crippen LogP contribution in [0.4, 0.5) is 20.3 Å². The fraction of sp³-hybridized carbons (Fsp3) is 0.600. The molecular weight excluding hydrogens is 468 g/mol. The van der Waals surface area contributed by atoms with Crippen LogP contribution in [0, 0.1) is 11.8 Å². The lowest BCUT2D eigenvalue weighted by Crippen LogP contribution is -2.37. The van der Waals surface area contributed by atoms with E-state index in [1.165, 1.54) is 10.7 Å². The van der Waals surface area contributed by atoms with Gasteiger partial charge in [-0.3, -0.25) is 9.48 Å². The second-order valence-electron chi connectivity index (χ2n) is 10.6. The molecule has 192 valence electrons. The van der Waals surface area contributed by atoms with Gasteiger partial charge in [-0.05, 0) is 50.0 Å². The first kappa shape index (κ1) is 23.3. The number of aromatic nitrogens is 5. The van der Waals surface area contributed by atoms with Gasteiger partial charge in [0.15, 0.2) is 11.3 Å². The van der Waals surface area contributed by atoms with E-state index in [2.05, 4.69) is 34.3 Å². The van der Waals surface area contributed by atoms with Gasteiger partial charge in [0.05, 0.1) is 36.7 Å². The summed E-state index contributed by atoms with van der Waals surface area (Å²) in [7, 11) is 0. The van der Waals surface area contributed by atoms with Crippen molar-refractivity contribution < 1.29 is 18.3 Å². The lowest BCUT2D eigenvalue weighted by molar-refractivity contribution is 0.0988. The van der Waals surface area contributed by atoms with E-state index in [0.29, 0.717) is 24.1 Å². The zero-order valence-electron chi connectivity index (χ0n) is 20.5. The van der Waals surface area contributed by atoms with Crippen molar-refractivity contribution in [3.8, 4) is 0 Å². The molecule has 1 aliphatic carbocycles. The van der Waals surface area contributed by atoms with Gasteiger partial charge in [-0.2, -0.15) is 10.2 Å². The average Bonchev–Trinajstić information content (AvgIpc) is 3.66. The average molecular weight is 500 g/mol. The largest absolute Gasteiger partial charge is 0.374 e. The van der Waals surface area contributed by atoms with Crippen LogP contribution in [-0.4, -0.2) is 55.6 Å². The zero-order valence-corrected chi connectivity index (χ0v) is 20.5. The summed E-state index contributed by atoms with van der Waals surface area (Å²) in [5, 5.41) is 11.1. The van der Waals surface area contributed by atoms with E-state index in [4.69, 9.17) is 9.72 Å². The third kappa shape index (κ3) is 4.12. The maximum Gasteiger partial charge on any atom is 0.284 e. The highest BCUT2D eigenvalue weighted by atomic mass is 19.3. The number of fused-ring (bicyclic) bond motifs is 3. The predicted octanol–water partition coefficient (Wildman–Crippen LogP) is 4.48. The number of carbonyl (C=O) groups excluding carboxylic acids is 1. The van der Waals surface area contributed by atoms with E-state index in [0.717, 1.165) is 44.5 Å². The lowest BCUT2D eigenvalue weighted by atomic mass is 9.80. The number of hydrogen-bond donors (Lipinski definition) is 1. The van der Waals surface area contributed by atoms with E-state index in [9.17, 15) is 13.6 Å². The number of amides is 1. The van der Waals surface area contributed by atoms with Crippen LogP contribution in [0.15, 0.2) is 24.7 Å². The summed E-state index contributed by atoms with van der Waals surface area (Å²) in [5.74, 6) is 1.49. The number of morpholine rings is 1. The number of nitrogens with one attached hydrogen (secondary N) is 1. The minimum atomic E-state index is -2.80. The Morgan fingerprint density at radius 1 is 1.19 bits per heavy atom. The van der Waals surface area contributed by atoms with Crippen LogP contribution in [0.25, 0.3) is 5.65 Å². The number of alkyl halides is 2. The van der Waals surface area contributed by atoms with Gasteiger partial charge in [0.25, 0.3) is 12.3 Å². The number of halogens is 2. The topological polar surface area (TPSA) is 89.6 Å². The summed E-state index contributed by atoms with van der Waals surface area (Å²) >= 11 is 0. The fourth-order valence-corrected chi connectivity index (χ4v) is 5.93. The molecule has 3 aliphatic rings. The van der Waals surface area contributed by atoms with Crippen LogP contribution in [0.3, 0.4) is 0 Å². The van der Waals surface area contributed by atoms with Gasteiger partial charge in [0.2, 0.25) is 0 Å². The summed E-state index contributed by atoms with van der Waals surface area (Å²) in [6, 6.07) is 2.21. The molecule has 0 radical (unpaired) electrons. The van der Waals surface area contributed by atoms with Gasteiger partial charge in [0.1, 0.15) is 11.4 Å².